The number of anilines is 1. The Bertz CT molecular complexity index is 560. The second-order valence-corrected chi connectivity index (χ2v) is 5.57. The molecule has 2 aromatic rings. The zero-order valence-electron chi connectivity index (χ0n) is 12.5. The predicted molar refractivity (Wildman–Crippen MR) is 85.4 cm³/mol. The number of benzene rings is 2. The van der Waals surface area contributed by atoms with Crippen molar-refractivity contribution in [3.8, 4) is 5.75 Å². The molecular formula is C18H23NO. The highest BCUT2D eigenvalue weighted by molar-refractivity contribution is 5.52. The Kier molecular flexibility index (Phi) is 4.67. The fourth-order valence-electron chi connectivity index (χ4n) is 2.36. The van der Waals surface area contributed by atoms with E-state index in [1.807, 2.05) is 12.1 Å². The molecule has 0 saturated carbocycles. The van der Waals surface area contributed by atoms with E-state index in [-0.39, 0.29) is 0 Å². The number of aromatic hydroxyl groups is 1. The largest absolute Gasteiger partial charge is 0.508 e. The summed E-state index contributed by atoms with van der Waals surface area (Å²) in [6, 6.07) is 14.4. The van der Waals surface area contributed by atoms with E-state index in [0.29, 0.717) is 11.8 Å². The normalized spacial score (nSPS) is 12.2. The van der Waals surface area contributed by atoms with Crippen molar-refractivity contribution < 1.29 is 5.11 Å². The molecule has 20 heavy (non-hydrogen) atoms. The van der Waals surface area contributed by atoms with Crippen LogP contribution >= 0.6 is 0 Å². The van der Waals surface area contributed by atoms with Crippen molar-refractivity contribution in [1.82, 2.24) is 0 Å². The SMILES string of the molecule is Cc1ccc(NC(C)CCc2ccc(O)cc2)c(C)c1. The zero-order chi connectivity index (χ0) is 14.5. The summed E-state index contributed by atoms with van der Waals surface area (Å²) < 4.78 is 0. The van der Waals surface area contributed by atoms with E-state index in [1.54, 1.807) is 12.1 Å². The van der Waals surface area contributed by atoms with Gasteiger partial charge in [0, 0.05) is 11.7 Å². The predicted octanol–water partition coefficient (Wildman–Crippen LogP) is 4.44. The Balaban J connectivity index is 1.89. The third kappa shape index (κ3) is 4.02. The summed E-state index contributed by atoms with van der Waals surface area (Å²) in [5.41, 5.74) is 5.07. The average Bonchev–Trinajstić information content (AvgIpc) is 2.41. The Labute approximate surface area is 121 Å². The molecule has 0 radical (unpaired) electrons. The Morgan fingerprint density at radius 3 is 2.40 bits per heavy atom. The summed E-state index contributed by atoms with van der Waals surface area (Å²) in [4.78, 5) is 0. The maximum atomic E-state index is 9.27. The first-order valence-electron chi connectivity index (χ1n) is 7.16. The van der Waals surface area contributed by atoms with E-state index in [9.17, 15) is 5.11 Å². The molecule has 1 atom stereocenters. The lowest BCUT2D eigenvalue weighted by molar-refractivity contribution is 0.475. The zero-order valence-corrected chi connectivity index (χ0v) is 12.5. The monoisotopic (exact) mass is 269 g/mol. The van der Waals surface area contributed by atoms with E-state index in [2.05, 4.69) is 44.3 Å². The lowest BCUT2D eigenvalue weighted by Crippen LogP contribution is -2.16. The summed E-state index contributed by atoms with van der Waals surface area (Å²) >= 11 is 0. The van der Waals surface area contributed by atoms with Gasteiger partial charge >= 0.3 is 0 Å². The van der Waals surface area contributed by atoms with Crippen molar-refractivity contribution in [1.29, 1.82) is 0 Å². The van der Waals surface area contributed by atoms with Crippen LogP contribution in [0.2, 0.25) is 0 Å². The molecule has 0 saturated heterocycles. The van der Waals surface area contributed by atoms with Gasteiger partial charge in [0.1, 0.15) is 5.75 Å². The van der Waals surface area contributed by atoms with E-state index < -0.39 is 0 Å². The number of hydrogen-bond donors (Lipinski definition) is 2. The van der Waals surface area contributed by atoms with E-state index in [4.69, 9.17) is 0 Å². The van der Waals surface area contributed by atoms with Crippen LogP contribution in [0.1, 0.15) is 30.0 Å². The Morgan fingerprint density at radius 2 is 1.75 bits per heavy atom. The smallest absolute Gasteiger partial charge is 0.115 e. The second kappa shape index (κ2) is 6.47. The molecule has 0 aliphatic rings. The molecule has 0 aromatic heterocycles. The molecule has 2 heteroatoms. The van der Waals surface area contributed by atoms with E-state index in [0.717, 1.165) is 12.8 Å². The Morgan fingerprint density at radius 1 is 1.05 bits per heavy atom. The van der Waals surface area contributed by atoms with Crippen molar-refractivity contribution in [2.24, 2.45) is 0 Å². The van der Waals surface area contributed by atoms with E-state index in [1.165, 1.54) is 22.4 Å². The second-order valence-electron chi connectivity index (χ2n) is 5.57. The molecule has 0 aliphatic carbocycles. The van der Waals surface area contributed by atoms with Gasteiger partial charge in [-0.2, -0.15) is 0 Å². The van der Waals surface area contributed by atoms with Gasteiger partial charge in [-0.3, -0.25) is 0 Å². The minimum atomic E-state index is 0.329. The van der Waals surface area contributed by atoms with Crippen molar-refractivity contribution in [2.45, 2.75) is 39.7 Å². The minimum Gasteiger partial charge on any atom is -0.508 e. The van der Waals surface area contributed by atoms with Gasteiger partial charge in [-0.05, 0) is 62.9 Å². The molecule has 0 bridgehead atoms. The summed E-state index contributed by atoms with van der Waals surface area (Å²) in [5.74, 6) is 0.329. The van der Waals surface area contributed by atoms with Gasteiger partial charge in [0.05, 0.1) is 0 Å². The first kappa shape index (κ1) is 14.4. The molecule has 106 valence electrons. The van der Waals surface area contributed by atoms with Gasteiger partial charge in [-0.1, -0.05) is 29.8 Å². The fraction of sp³-hybridized carbons (Fsp3) is 0.333. The number of aryl methyl sites for hydroxylation is 3. The van der Waals surface area contributed by atoms with Crippen LogP contribution < -0.4 is 5.32 Å². The van der Waals surface area contributed by atoms with Gasteiger partial charge in [0.2, 0.25) is 0 Å². The minimum absolute atomic E-state index is 0.329. The lowest BCUT2D eigenvalue weighted by Gasteiger charge is -2.17. The number of nitrogens with one attached hydrogen (secondary N) is 1. The van der Waals surface area contributed by atoms with Crippen LogP contribution in [0.15, 0.2) is 42.5 Å². The summed E-state index contributed by atoms with van der Waals surface area (Å²) in [7, 11) is 0. The van der Waals surface area contributed by atoms with Crippen LogP contribution in [0.4, 0.5) is 5.69 Å². The number of rotatable bonds is 5. The summed E-state index contributed by atoms with van der Waals surface area (Å²) in [6.07, 6.45) is 2.08. The highest BCUT2D eigenvalue weighted by atomic mass is 16.3. The molecule has 0 spiro atoms. The molecular weight excluding hydrogens is 246 g/mol. The first-order chi connectivity index (χ1) is 9.54. The van der Waals surface area contributed by atoms with E-state index >= 15 is 0 Å². The lowest BCUT2D eigenvalue weighted by atomic mass is 10.0. The van der Waals surface area contributed by atoms with Crippen LogP contribution in [0, 0.1) is 13.8 Å². The van der Waals surface area contributed by atoms with Crippen LogP contribution in [-0.4, -0.2) is 11.1 Å². The molecule has 2 N–H and O–H groups in total. The summed E-state index contributed by atoms with van der Waals surface area (Å²) in [6.45, 7) is 6.47. The van der Waals surface area contributed by atoms with Gasteiger partial charge in [-0.25, -0.2) is 0 Å². The third-order valence-electron chi connectivity index (χ3n) is 3.59. The van der Waals surface area contributed by atoms with Gasteiger partial charge in [0.15, 0.2) is 0 Å². The maximum absolute atomic E-state index is 9.27. The standard InChI is InChI=1S/C18H23NO/c1-13-4-11-18(14(2)12-13)19-15(3)5-6-16-7-9-17(20)10-8-16/h4,7-12,15,19-20H,5-6H2,1-3H3. The first-order valence-corrected chi connectivity index (χ1v) is 7.16. The maximum Gasteiger partial charge on any atom is 0.115 e. The molecule has 0 fully saturated rings. The van der Waals surface area contributed by atoms with Gasteiger partial charge in [0.25, 0.3) is 0 Å². The molecule has 2 nitrogen and oxygen atoms in total. The number of phenols is 1. The van der Waals surface area contributed by atoms with Crippen LogP contribution in [0.25, 0.3) is 0 Å². The van der Waals surface area contributed by atoms with Crippen molar-refractivity contribution in [2.75, 3.05) is 5.32 Å². The number of phenolic OH excluding ortho intramolecular Hbond substituents is 1. The average molecular weight is 269 g/mol. The molecule has 1 unspecified atom stereocenters. The van der Waals surface area contributed by atoms with Gasteiger partial charge < -0.3 is 10.4 Å². The Hall–Kier alpha value is -1.96. The van der Waals surface area contributed by atoms with Crippen LogP contribution in [0.3, 0.4) is 0 Å². The fourth-order valence-corrected chi connectivity index (χ4v) is 2.36. The van der Waals surface area contributed by atoms with Crippen LogP contribution in [-0.2, 0) is 6.42 Å². The van der Waals surface area contributed by atoms with Crippen molar-refractivity contribution >= 4 is 5.69 Å². The molecule has 0 amide bonds. The van der Waals surface area contributed by atoms with Crippen molar-refractivity contribution in [3.05, 3.63) is 59.2 Å². The quantitative estimate of drug-likeness (QED) is 0.841. The highest BCUT2D eigenvalue weighted by Crippen LogP contribution is 2.18. The molecule has 2 rings (SSSR count). The van der Waals surface area contributed by atoms with Crippen molar-refractivity contribution in [3.63, 3.8) is 0 Å². The molecule has 0 heterocycles. The third-order valence-corrected chi connectivity index (χ3v) is 3.59. The van der Waals surface area contributed by atoms with Crippen LogP contribution in [0.5, 0.6) is 5.75 Å². The topological polar surface area (TPSA) is 32.3 Å². The highest BCUT2D eigenvalue weighted by Gasteiger charge is 2.05. The summed E-state index contributed by atoms with van der Waals surface area (Å²) in [5, 5.41) is 12.8. The number of hydrogen-bond acceptors (Lipinski definition) is 2. The molecule has 0 aliphatic heterocycles. The van der Waals surface area contributed by atoms with Gasteiger partial charge in [-0.15, -0.1) is 0 Å². The molecule has 2 aromatic carbocycles.